The van der Waals surface area contributed by atoms with Gasteiger partial charge in [0.15, 0.2) is 0 Å². The number of esters is 1. The van der Waals surface area contributed by atoms with Crippen LogP contribution in [0.1, 0.15) is 24.2 Å². The van der Waals surface area contributed by atoms with Gasteiger partial charge >= 0.3 is 5.97 Å². The number of nitrogens with two attached hydrogens (primary N) is 1. The van der Waals surface area contributed by atoms with Crippen molar-refractivity contribution in [2.24, 2.45) is 0 Å². The first-order chi connectivity index (χ1) is 8.41. The van der Waals surface area contributed by atoms with Gasteiger partial charge in [-0.1, -0.05) is 6.07 Å². The quantitative estimate of drug-likeness (QED) is 0.635. The molecule has 0 radical (unpaired) electrons. The standard InChI is InChI=1S/C13H20N2O2S/c1-13(2,18-4)8-15-11-9(12(16)17-3)6-5-7-10(11)14/h5-7,15H,8,14H2,1-4H3. The molecule has 0 unspecified atom stereocenters. The van der Waals surface area contributed by atoms with E-state index < -0.39 is 0 Å². The number of anilines is 2. The number of carbonyl (C=O) groups excluding carboxylic acids is 1. The molecular formula is C13H20N2O2S. The molecule has 18 heavy (non-hydrogen) atoms. The molecule has 0 saturated carbocycles. The van der Waals surface area contributed by atoms with Crippen molar-refractivity contribution in [3.63, 3.8) is 0 Å². The monoisotopic (exact) mass is 268 g/mol. The van der Waals surface area contributed by atoms with Gasteiger partial charge in [-0.3, -0.25) is 0 Å². The van der Waals surface area contributed by atoms with Crippen LogP contribution in [-0.2, 0) is 4.74 Å². The second-order valence-electron chi connectivity index (χ2n) is 4.58. The number of benzene rings is 1. The van der Waals surface area contributed by atoms with Crippen molar-refractivity contribution >= 4 is 29.1 Å². The molecule has 0 atom stereocenters. The summed E-state index contributed by atoms with van der Waals surface area (Å²) in [4.78, 5) is 11.7. The average molecular weight is 268 g/mol. The molecule has 0 aliphatic rings. The number of thioether (sulfide) groups is 1. The van der Waals surface area contributed by atoms with Crippen LogP contribution in [0.25, 0.3) is 0 Å². The predicted molar refractivity (Wildman–Crippen MR) is 78.3 cm³/mol. The lowest BCUT2D eigenvalue weighted by Gasteiger charge is -2.24. The van der Waals surface area contributed by atoms with Gasteiger partial charge in [0.1, 0.15) is 0 Å². The second-order valence-corrected chi connectivity index (χ2v) is 6.09. The Balaban J connectivity index is 2.97. The van der Waals surface area contributed by atoms with Crippen molar-refractivity contribution in [1.82, 2.24) is 0 Å². The predicted octanol–water partition coefficient (Wildman–Crippen LogP) is 2.61. The van der Waals surface area contributed by atoms with E-state index >= 15 is 0 Å². The molecule has 0 aliphatic heterocycles. The summed E-state index contributed by atoms with van der Waals surface area (Å²) in [7, 11) is 1.36. The Morgan fingerprint density at radius 1 is 1.50 bits per heavy atom. The van der Waals surface area contributed by atoms with Gasteiger partial charge < -0.3 is 15.8 Å². The lowest BCUT2D eigenvalue weighted by Crippen LogP contribution is -2.27. The van der Waals surface area contributed by atoms with Gasteiger partial charge in [-0.25, -0.2) is 4.79 Å². The molecule has 3 N–H and O–H groups in total. The maximum Gasteiger partial charge on any atom is 0.340 e. The molecule has 0 saturated heterocycles. The van der Waals surface area contributed by atoms with Gasteiger partial charge in [0.2, 0.25) is 0 Å². The van der Waals surface area contributed by atoms with E-state index in [1.807, 2.05) is 0 Å². The molecule has 4 nitrogen and oxygen atoms in total. The number of rotatable bonds is 5. The summed E-state index contributed by atoms with van der Waals surface area (Å²) in [6.07, 6.45) is 2.05. The molecule has 0 aliphatic carbocycles. The fourth-order valence-corrected chi connectivity index (χ4v) is 1.64. The third-order valence-electron chi connectivity index (χ3n) is 2.75. The maximum atomic E-state index is 11.7. The summed E-state index contributed by atoms with van der Waals surface area (Å²) >= 11 is 1.75. The molecule has 0 spiro atoms. The van der Waals surface area contributed by atoms with Crippen LogP contribution in [-0.4, -0.2) is 30.6 Å². The topological polar surface area (TPSA) is 64.3 Å². The number of nitrogens with one attached hydrogen (secondary N) is 1. The van der Waals surface area contributed by atoms with Crippen LogP contribution in [0.4, 0.5) is 11.4 Å². The highest BCUT2D eigenvalue weighted by Gasteiger charge is 2.19. The first-order valence-corrected chi connectivity index (χ1v) is 6.89. The van der Waals surface area contributed by atoms with E-state index in [1.54, 1.807) is 30.0 Å². The van der Waals surface area contributed by atoms with E-state index in [9.17, 15) is 4.79 Å². The minimum absolute atomic E-state index is 0.0651. The Bertz CT molecular complexity index is 433. The lowest BCUT2D eigenvalue weighted by molar-refractivity contribution is 0.0602. The molecule has 0 aromatic heterocycles. The van der Waals surface area contributed by atoms with Gasteiger partial charge in [0.05, 0.1) is 24.0 Å². The van der Waals surface area contributed by atoms with Crippen LogP contribution in [0.2, 0.25) is 0 Å². The molecule has 0 fully saturated rings. The van der Waals surface area contributed by atoms with Crippen LogP contribution < -0.4 is 11.1 Å². The minimum Gasteiger partial charge on any atom is -0.465 e. The molecular weight excluding hydrogens is 248 g/mol. The third kappa shape index (κ3) is 3.57. The van der Waals surface area contributed by atoms with Crippen LogP contribution >= 0.6 is 11.8 Å². The van der Waals surface area contributed by atoms with Crippen LogP contribution in [0.5, 0.6) is 0 Å². The Morgan fingerprint density at radius 3 is 2.72 bits per heavy atom. The van der Waals surface area contributed by atoms with Crippen molar-refractivity contribution < 1.29 is 9.53 Å². The lowest BCUT2D eigenvalue weighted by atomic mass is 10.1. The largest absolute Gasteiger partial charge is 0.465 e. The van der Waals surface area contributed by atoms with Crippen LogP contribution in [0.15, 0.2) is 18.2 Å². The average Bonchev–Trinajstić information content (AvgIpc) is 2.36. The Labute approximate surface area is 112 Å². The third-order valence-corrected chi connectivity index (χ3v) is 3.99. The Morgan fingerprint density at radius 2 is 2.17 bits per heavy atom. The smallest absolute Gasteiger partial charge is 0.340 e. The van der Waals surface area contributed by atoms with Gasteiger partial charge in [0, 0.05) is 11.3 Å². The highest BCUT2D eigenvalue weighted by molar-refractivity contribution is 7.99. The minimum atomic E-state index is -0.383. The number of para-hydroxylation sites is 1. The SMILES string of the molecule is COC(=O)c1cccc(N)c1NCC(C)(C)SC. The van der Waals surface area contributed by atoms with E-state index in [0.717, 1.165) is 0 Å². The summed E-state index contributed by atoms with van der Waals surface area (Å²) < 4.78 is 4.82. The van der Waals surface area contributed by atoms with Crippen molar-refractivity contribution in [2.75, 3.05) is 31.0 Å². The van der Waals surface area contributed by atoms with E-state index in [1.165, 1.54) is 7.11 Å². The molecule has 0 amide bonds. The van der Waals surface area contributed by atoms with Crippen LogP contribution in [0, 0.1) is 0 Å². The summed E-state index contributed by atoms with van der Waals surface area (Å²) in [5.41, 5.74) is 7.57. The summed E-state index contributed by atoms with van der Waals surface area (Å²) in [6.45, 7) is 4.97. The fraction of sp³-hybridized carbons (Fsp3) is 0.462. The van der Waals surface area contributed by atoms with Gasteiger partial charge in [-0.05, 0) is 32.2 Å². The zero-order valence-electron chi connectivity index (χ0n) is 11.2. The normalized spacial score (nSPS) is 11.1. The van der Waals surface area contributed by atoms with Crippen molar-refractivity contribution in [2.45, 2.75) is 18.6 Å². The van der Waals surface area contributed by atoms with Crippen molar-refractivity contribution in [3.8, 4) is 0 Å². The molecule has 1 rings (SSSR count). The number of hydrogen-bond donors (Lipinski definition) is 2. The number of carbonyl (C=O) groups is 1. The molecule has 1 aromatic rings. The zero-order valence-corrected chi connectivity index (χ0v) is 12.1. The number of hydrogen-bond acceptors (Lipinski definition) is 5. The van der Waals surface area contributed by atoms with E-state index in [0.29, 0.717) is 23.5 Å². The van der Waals surface area contributed by atoms with Crippen LogP contribution in [0.3, 0.4) is 0 Å². The van der Waals surface area contributed by atoms with Gasteiger partial charge in [0.25, 0.3) is 0 Å². The van der Waals surface area contributed by atoms with Crippen molar-refractivity contribution in [3.05, 3.63) is 23.8 Å². The summed E-state index contributed by atoms with van der Waals surface area (Å²) in [5.74, 6) is -0.383. The number of ether oxygens (including phenoxy) is 1. The molecule has 0 heterocycles. The molecule has 0 bridgehead atoms. The molecule has 100 valence electrons. The van der Waals surface area contributed by atoms with Crippen molar-refractivity contribution in [1.29, 1.82) is 0 Å². The second kappa shape index (κ2) is 6.00. The Kier molecular flexibility index (Phi) is 4.90. The number of methoxy groups -OCH3 is 1. The van der Waals surface area contributed by atoms with E-state index in [4.69, 9.17) is 10.5 Å². The van der Waals surface area contributed by atoms with Gasteiger partial charge in [-0.2, -0.15) is 11.8 Å². The highest BCUT2D eigenvalue weighted by Crippen LogP contribution is 2.27. The van der Waals surface area contributed by atoms with E-state index in [2.05, 4.69) is 25.4 Å². The molecule has 1 aromatic carbocycles. The molecule has 5 heteroatoms. The van der Waals surface area contributed by atoms with Gasteiger partial charge in [-0.15, -0.1) is 0 Å². The first-order valence-electron chi connectivity index (χ1n) is 5.67. The highest BCUT2D eigenvalue weighted by atomic mass is 32.2. The van der Waals surface area contributed by atoms with E-state index in [-0.39, 0.29) is 10.7 Å². The Hall–Kier alpha value is -1.36. The first kappa shape index (κ1) is 14.7. The fourth-order valence-electron chi connectivity index (χ4n) is 1.42. The summed E-state index contributed by atoms with van der Waals surface area (Å²) in [6, 6.07) is 5.21. The summed E-state index contributed by atoms with van der Waals surface area (Å²) in [5, 5.41) is 3.24. The maximum absolute atomic E-state index is 11.7. The number of nitrogen functional groups attached to an aromatic ring is 1. The zero-order chi connectivity index (χ0) is 13.8.